The Morgan fingerprint density at radius 2 is 1.69 bits per heavy atom. The second-order valence-corrected chi connectivity index (χ2v) is 5.91. The molecule has 1 heterocycles. The molecule has 0 aliphatic rings. The van der Waals surface area contributed by atoms with E-state index in [-0.39, 0.29) is 11.7 Å². The van der Waals surface area contributed by atoms with Crippen molar-refractivity contribution in [1.82, 2.24) is 4.98 Å². The summed E-state index contributed by atoms with van der Waals surface area (Å²) in [5.41, 5.74) is 3.70. The Labute approximate surface area is 149 Å². The van der Waals surface area contributed by atoms with Crippen LogP contribution in [-0.2, 0) is 6.42 Å². The summed E-state index contributed by atoms with van der Waals surface area (Å²) >= 11 is 0. The van der Waals surface area contributed by atoms with Crippen LogP contribution in [0.3, 0.4) is 0 Å². The average molecular weight is 346 g/mol. The zero-order valence-electron chi connectivity index (χ0n) is 13.8. The van der Waals surface area contributed by atoms with E-state index in [4.69, 9.17) is 4.42 Å². The number of carbonyl (C=O) groups is 1. The fraction of sp³-hybridized carbons (Fsp3) is 0.0476. The summed E-state index contributed by atoms with van der Waals surface area (Å²) in [6.07, 6.45) is 0.570. The molecule has 0 spiro atoms. The zero-order chi connectivity index (χ0) is 17.9. The fourth-order valence-corrected chi connectivity index (χ4v) is 2.68. The van der Waals surface area contributed by atoms with Crippen molar-refractivity contribution in [2.75, 3.05) is 5.32 Å². The van der Waals surface area contributed by atoms with Gasteiger partial charge < -0.3 is 9.73 Å². The molecule has 0 saturated carbocycles. The summed E-state index contributed by atoms with van der Waals surface area (Å²) in [5.74, 6) is -0.00361. The molecule has 0 saturated heterocycles. The molecule has 0 bridgehead atoms. The monoisotopic (exact) mass is 346 g/mol. The van der Waals surface area contributed by atoms with E-state index >= 15 is 0 Å². The standard InChI is InChI=1S/C21H15FN2O2/c22-16-9-7-15(8-10-16)21(25)23-17-11-5-14(6-12-17)13-20-24-18-3-1-2-4-19(18)26-20/h1-12H,13H2,(H,23,25). The number of oxazole rings is 1. The number of nitrogens with zero attached hydrogens (tertiary/aromatic N) is 1. The van der Waals surface area contributed by atoms with Crippen molar-refractivity contribution >= 4 is 22.7 Å². The van der Waals surface area contributed by atoms with Crippen molar-refractivity contribution < 1.29 is 13.6 Å². The third-order valence-corrected chi connectivity index (χ3v) is 4.01. The molecule has 4 aromatic rings. The number of benzene rings is 3. The van der Waals surface area contributed by atoms with Crippen molar-refractivity contribution in [3.05, 3.63) is 95.6 Å². The van der Waals surface area contributed by atoms with E-state index in [0.717, 1.165) is 16.7 Å². The maximum Gasteiger partial charge on any atom is 0.255 e. The van der Waals surface area contributed by atoms with Crippen molar-refractivity contribution in [3.63, 3.8) is 0 Å². The lowest BCUT2D eigenvalue weighted by Gasteiger charge is -2.06. The van der Waals surface area contributed by atoms with Gasteiger partial charge in [-0.05, 0) is 54.1 Å². The van der Waals surface area contributed by atoms with E-state index in [1.807, 2.05) is 48.5 Å². The highest BCUT2D eigenvalue weighted by molar-refractivity contribution is 6.04. The molecule has 0 aliphatic heterocycles. The number of rotatable bonds is 4. The summed E-state index contributed by atoms with van der Waals surface area (Å²) in [6, 6.07) is 20.5. The highest BCUT2D eigenvalue weighted by Gasteiger charge is 2.08. The quantitative estimate of drug-likeness (QED) is 0.577. The Bertz CT molecular complexity index is 1020. The molecule has 0 unspecified atom stereocenters. The van der Waals surface area contributed by atoms with Crippen molar-refractivity contribution in [1.29, 1.82) is 0 Å². The van der Waals surface area contributed by atoms with Crippen molar-refractivity contribution in [3.8, 4) is 0 Å². The summed E-state index contributed by atoms with van der Waals surface area (Å²) in [7, 11) is 0. The lowest BCUT2D eigenvalue weighted by Crippen LogP contribution is -2.11. The molecule has 4 rings (SSSR count). The van der Waals surface area contributed by atoms with Crippen LogP contribution in [0.1, 0.15) is 21.8 Å². The number of amides is 1. The molecule has 4 nitrogen and oxygen atoms in total. The summed E-state index contributed by atoms with van der Waals surface area (Å²) in [5, 5.41) is 2.79. The van der Waals surface area contributed by atoms with Gasteiger partial charge in [-0.15, -0.1) is 0 Å². The van der Waals surface area contributed by atoms with Gasteiger partial charge in [0.25, 0.3) is 5.91 Å². The smallest absolute Gasteiger partial charge is 0.255 e. The van der Waals surface area contributed by atoms with E-state index in [1.54, 1.807) is 0 Å². The number of aromatic nitrogens is 1. The third kappa shape index (κ3) is 3.47. The fourth-order valence-electron chi connectivity index (χ4n) is 2.68. The van der Waals surface area contributed by atoms with Gasteiger partial charge >= 0.3 is 0 Å². The van der Waals surface area contributed by atoms with Crippen LogP contribution in [0.2, 0.25) is 0 Å². The summed E-state index contributed by atoms with van der Waals surface area (Å²) in [4.78, 5) is 16.6. The van der Waals surface area contributed by atoms with Gasteiger partial charge in [0.1, 0.15) is 11.3 Å². The van der Waals surface area contributed by atoms with Gasteiger partial charge in [-0.2, -0.15) is 0 Å². The maximum absolute atomic E-state index is 12.9. The molecule has 0 aliphatic carbocycles. The minimum Gasteiger partial charge on any atom is -0.440 e. The Kier molecular flexibility index (Phi) is 4.19. The molecular formula is C21H15FN2O2. The molecule has 26 heavy (non-hydrogen) atoms. The molecule has 5 heteroatoms. The van der Waals surface area contributed by atoms with E-state index in [9.17, 15) is 9.18 Å². The number of halogens is 1. The van der Waals surface area contributed by atoms with Crippen LogP contribution in [0.5, 0.6) is 0 Å². The highest BCUT2D eigenvalue weighted by atomic mass is 19.1. The number of anilines is 1. The van der Waals surface area contributed by atoms with Crippen molar-refractivity contribution in [2.24, 2.45) is 0 Å². The van der Waals surface area contributed by atoms with Crippen LogP contribution in [0.15, 0.2) is 77.2 Å². The molecule has 1 N–H and O–H groups in total. The Morgan fingerprint density at radius 1 is 0.962 bits per heavy atom. The first kappa shape index (κ1) is 16.0. The molecule has 1 amide bonds. The number of carbonyl (C=O) groups excluding carboxylic acids is 1. The molecule has 0 radical (unpaired) electrons. The molecule has 0 atom stereocenters. The lowest BCUT2D eigenvalue weighted by atomic mass is 10.1. The van der Waals surface area contributed by atoms with Gasteiger partial charge in [-0.3, -0.25) is 4.79 Å². The minimum atomic E-state index is -0.370. The molecule has 0 fully saturated rings. The number of fused-ring (bicyclic) bond motifs is 1. The van der Waals surface area contributed by atoms with Crippen LogP contribution in [0.25, 0.3) is 11.1 Å². The van der Waals surface area contributed by atoms with Gasteiger partial charge in [0.2, 0.25) is 0 Å². The number of hydrogen-bond donors (Lipinski definition) is 1. The minimum absolute atomic E-state index is 0.281. The van der Waals surface area contributed by atoms with E-state index in [2.05, 4.69) is 10.3 Å². The van der Waals surface area contributed by atoms with Gasteiger partial charge in [0.05, 0.1) is 0 Å². The van der Waals surface area contributed by atoms with E-state index in [1.165, 1.54) is 24.3 Å². The number of nitrogens with one attached hydrogen (secondary N) is 1. The maximum atomic E-state index is 12.9. The molecule has 3 aromatic carbocycles. The Morgan fingerprint density at radius 3 is 2.42 bits per heavy atom. The molecule has 1 aromatic heterocycles. The summed E-state index contributed by atoms with van der Waals surface area (Å²) < 4.78 is 18.6. The molecule has 128 valence electrons. The predicted octanol–water partition coefficient (Wildman–Crippen LogP) is 4.81. The van der Waals surface area contributed by atoms with E-state index in [0.29, 0.717) is 23.6 Å². The normalized spacial score (nSPS) is 10.8. The van der Waals surface area contributed by atoms with Gasteiger partial charge in [-0.1, -0.05) is 24.3 Å². The van der Waals surface area contributed by atoms with Crippen LogP contribution in [0.4, 0.5) is 10.1 Å². The first-order valence-corrected chi connectivity index (χ1v) is 8.18. The predicted molar refractivity (Wildman–Crippen MR) is 97.6 cm³/mol. The first-order valence-electron chi connectivity index (χ1n) is 8.18. The largest absolute Gasteiger partial charge is 0.440 e. The average Bonchev–Trinajstić information content (AvgIpc) is 3.06. The molecular weight excluding hydrogens is 331 g/mol. The van der Waals surface area contributed by atoms with Crippen LogP contribution < -0.4 is 5.32 Å². The lowest BCUT2D eigenvalue weighted by molar-refractivity contribution is 0.102. The third-order valence-electron chi connectivity index (χ3n) is 4.01. The SMILES string of the molecule is O=C(Nc1ccc(Cc2nc3ccccc3o2)cc1)c1ccc(F)cc1. The number of hydrogen-bond acceptors (Lipinski definition) is 3. The van der Waals surface area contributed by atoms with Gasteiger partial charge in [0, 0.05) is 17.7 Å². The number of para-hydroxylation sites is 2. The highest BCUT2D eigenvalue weighted by Crippen LogP contribution is 2.19. The van der Waals surface area contributed by atoms with Crippen LogP contribution in [0, 0.1) is 5.82 Å². The van der Waals surface area contributed by atoms with Gasteiger partial charge in [-0.25, -0.2) is 9.37 Å². The van der Waals surface area contributed by atoms with Gasteiger partial charge in [0.15, 0.2) is 11.5 Å². The van der Waals surface area contributed by atoms with Crippen molar-refractivity contribution in [2.45, 2.75) is 6.42 Å². The zero-order valence-corrected chi connectivity index (χ0v) is 13.8. The van der Waals surface area contributed by atoms with Crippen LogP contribution >= 0.6 is 0 Å². The summed E-state index contributed by atoms with van der Waals surface area (Å²) in [6.45, 7) is 0. The second-order valence-electron chi connectivity index (χ2n) is 5.91. The second kappa shape index (κ2) is 6.80. The van der Waals surface area contributed by atoms with Crippen LogP contribution in [-0.4, -0.2) is 10.9 Å². The first-order chi connectivity index (χ1) is 12.7. The topological polar surface area (TPSA) is 55.1 Å². The Balaban J connectivity index is 1.44. The Hall–Kier alpha value is -3.47. The van der Waals surface area contributed by atoms with E-state index < -0.39 is 0 Å².